The molecule has 0 saturated heterocycles. The second-order valence-electron chi connectivity index (χ2n) is 6.15. The lowest BCUT2D eigenvalue weighted by Crippen LogP contribution is -2.25. The van der Waals surface area contributed by atoms with Crippen molar-refractivity contribution in [2.45, 2.75) is 19.3 Å². The van der Waals surface area contributed by atoms with E-state index in [-0.39, 0.29) is 12.3 Å². The van der Waals surface area contributed by atoms with E-state index in [1.807, 2.05) is 48.5 Å². The molecule has 1 aromatic heterocycles. The number of methoxy groups -OCH3 is 2. The molecule has 0 aliphatic heterocycles. The van der Waals surface area contributed by atoms with Crippen molar-refractivity contribution in [2.24, 2.45) is 0 Å². The molecule has 1 N–H and O–H groups in total. The molecule has 0 atom stereocenters. The van der Waals surface area contributed by atoms with Gasteiger partial charge in [0.25, 0.3) is 5.89 Å². The SMILES string of the molecule is COc1ccc(CCNC(=O)CCc2nnc(-c3ccccc3OC)o2)cc1. The fourth-order valence-electron chi connectivity index (χ4n) is 2.73. The number of carbonyl (C=O) groups is 1. The Kier molecular flexibility index (Phi) is 6.62. The molecule has 146 valence electrons. The Balaban J connectivity index is 1.45. The van der Waals surface area contributed by atoms with Crippen molar-refractivity contribution < 1.29 is 18.7 Å². The molecule has 0 radical (unpaired) electrons. The smallest absolute Gasteiger partial charge is 0.251 e. The molecular weight excluding hydrogens is 358 g/mol. The van der Waals surface area contributed by atoms with Crippen molar-refractivity contribution in [3.05, 3.63) is 60.0 Å². The fraction of sp³-hybridized carbons (Fsp3) is 0.286. The first-order valence-corrected chi connectivity index (χ1v) is 9.05. The summed E-state index contributed by atoms with van der Waals surface area (Å²) >= 11 is 0. The third kappa shape index (κ3) is 5.09. The van der Waals surface area contributed by atoms with Gasteiger partial charge in [-0.15, -0.1) is 10.2 Å². The molecule has 7 heteroatoms. The highest BCUT2D eigenvalue weighted by Crippen LogP contribution is 2.28. The molecule has 0 unspecified atom stereocenters. The zero-order valence-electron chi connectivity index (χ0n) is 16.0. The maximum absolute atomic E-state index is 12.0. The van der Waals surface area contributed by atoms with Gasteiger partial charge in [-0.25, -0.2) is 0 Å². The third-order valence-corrected chi connectivity index (χ3v) is 4.27. The first-order chi connectivity index (χ1) is 13.7. The first-order valence-electron chi connectivity index (χ1n) is 9.05. The minimum atomic E-state index is -0.0504. The molecule has 1 heterocycles. The van der Waals surface area contributed by atoms with Crippen LogP contribution in [0.3, 0.4) is 0 Å². The Morgan fingerprint density at radius 3 is 2.54 bits per heavy atom. The van der Waals surface area contributed by atoms with E-state index in [0.29, 0.717) is 30.5 Å². The number of para-hydroxylation sites is 1. The number of ether oxygens (including phenoxy) is 2. The summed E-state index contributed by atoms with van der Waals surface area (Å²) in [6.45, 7) is 0.571. The zero-order valence-corrected chi connectivity index (χ0v) is 16.0. The van der Waals surface area contributed by atoms with Crippen molar-refractivity contribution in [3.8, 4) is 23.0 Å². The normalized spacial score (nSPS) is 10.5. The summed E-state index contributed by atoms with van der Waals surface area (Å²) in [7, 11) is 3.23. The summed E-state index contributed by atoms with van der Waals surface area (Å²) in [5.74, 6) is 2.23. The third-order valence-electron chi connectivity index (χ3n) is 4.27. The summed E-state index contributed by atoms with van der Waals surface area (Å²) in [5, 5.41) is 11.0. The maximum Gasteiger partial charge on any atom is 0.251 e. The summed E-state index contributed by atoms with van der Waals surface area (Å²) in [6.07, 6.45) is 1.43. The largest absolute Gasteiger partial charge is 0.497 e. The summed E-state index contributed by atoms with van der Waals surface area (Å²) in [5.41, 5.74) is 1.87. The molecule has 0 saturated carbocycles. The van der Waals surface area contributed by atoms with Gasteiger partial charge >= 0.3 is 0 Å². The number of aromatic nitrogens is 2. The number of carbonyl (C=O) groups excluding carboxylic acids is 1. The molecule has 2 aromatic carbocycles. The number of rotatable bonds is 9. The Hall–Kier alpha value is -3.35. The molecule has 7 nitrogen and oxygen atoms in total. The number of hydrogen-bond donors (Lipinski definition) is 1. The number of amides is 1. The van der Waals surface area contributed by atoms with Crippen LogP contribution < -0.4 is 14.8 Å². The zero-order chi connectivity index (χ0) is 19.8. The number of nitrogens with one attached hydrogen (secondary N) is 1. The molecule has 0 aliphatic carbocycles. The average Bonchev–Trinajstić information content (AvgIpc) is 3.21. The second-order valence-corrected chi connectivity index (χ2v) is 6.15. The standard InChI is InChI=1S/C21H23N3O4/c1-26-16-9-7-15(8-10-16)13-14-22-19(25)11-12-20-23-24-21(28-20)17-5-3-4-6-18(17)27-2/h3-10H,11-14H2,1-2H3,(H,22,25). The monoisotopic (exact) mass is 381 g/mol. The molecular formula is C21H23N3O4. The van der Waals surface area contributed by atoms with E-state index in [1.165, 1.54) is 0 Å². The van der Waals surface area contributed by atoms with E-state index in [1.54, 1.807) is 14.2 Å². The fourth-order valence-corrected chi connectivity index (χ4v) is 2.73. The Bertz CT molecular complexity index is 906. The van der Waals surface area contributed by atoms with Gasteiger partial charge in [0.1, 0.15) is 11.5 Å². The summed E-state index contributed by atoms with van der Waals surface area (Å²) < 4.78 is 16.1. The molecule has 3 rings (SSSR count). The van der Waals surface area contributed by atoms with Gasteiger partial charge in [-0.2, -0.15) is 0 Å². The topological polar surface area (TPSA) is 86.5 Å². The van der Waals surface area contributed by atoms with E-state index < -0.39 is 0 Å². The van der Waals surface area contributed by atoms with Crippen LogP contribution in [0.25, 0.3) is 11.5 Å². The van der Waals surface area contributed by atoms with Crippen LogP contribution in [0.2, 0.25) is 0 Å². The van der Waals surface area contributed by atoms with Crippen LogP contribution in [0.5, 0.6) is 11.5 Å². The number of aryl methyl sites for hydroxylation is 1. The van der Waals surface area contributed by atoms with E-state index in [2.05, 4.69) is 15.5 Å². The van der Waals surface area contributed by atoms with E-state index in [4.69, 9.17) is 13.9 Å². The van der Waals surface area contributed by atoms with Crippen LogP contribution in [0.4, 0.5) is 0 Å². The maximum atomic E-state index is 12.0. The van der Waals surface area contributed by atoms with Gasteiger partial charge in [0.15, 0.2) is 0 Å². The van der Waals surface area contributed by atoms with Crippen molar-refractivity contribution in [1.82, 2.24) is 15.5 Å². The van der Waals surface area contributed by atoms with Crippen LogP contribution in [-0.4, -0.2) is 36.9 Å². The van der Waals surface area contributed by atoms with E-state index >= 15 is 0 Å². The molecule has 3 aromatic rings. The predicted molar refractivity (Wildman–Crippen MR) is 104 cm³/mol. The van der Waals surface area contributed by atoms with Gasteiger partial charge in [-0.05, 0) is 36.2 Å². The second kappa shape index (κ2) is 9.55. The number of benzene rings is 2. The molecule has 0 aliphatic rings. The van der Waals surface area contributed by atoms with Gasteiger partial charge < -0.3 is 19.2 Å². The Morgan fingerprint density at radius 1 is 1.00 bits per heavy atom. The molecule has 0 spiro atoms. The van der Waals surface area contributed by atoms with E-state index in [9.17, 15) is 4.79 Å². The van der Waals surface area contributed by atoms with Crippen LogP contribution in [0, 0.1) is 0 Å². The summed E-state index contributed by atoms with van der Waals surface area (Å²) in [6, 6.07) is 15.2. The minimum Gasteiger partial charge on any atom is -0.497 e. The van der Waals surface area contributed by atoms with Gasteiger partial charge in [0, 0.05) is 19.4 Å². The van der Waals surface area contributed by atoms with Gasteiger partial charge in [-0.1, -0.05) is 24.3 Å². The van der Waals surface area contributed by atoms with Crippen LogP contribution in [-0.2, 0) is 17.6 Å². The Labute approximate surface area is 163 Å². The van der Waals surface area contributed by atoms with Crippen LogP contribution >= 0.6 is 0 Å². The average molecular weight is 381 g/mol. The highest BCUT2D eigenvalue weighted by atomic mass is 16.5. The molecule has 0 bridgehead atoms. The molecule has 1 amide bonds. The lowest BCUT2D eigenvalue weighted by atomic mass is 10.1. The lowest BCUT2D eigenvalue weighted by molar-refractivity contribution is -0.121. The van der Waals surface area contributed by atoms with Crippen LogP contribution in [0.1, 0.15) is 17.9 Å². The highest BCUT2D eigenvalue weighted by Gasteiger charge is 2.13. The van der Waals surface area contributed by atoms with Crippen molar-refractivity contribution in [3.63, 3.8) is 0 Å². The lowest BCUT2D eigenvalue weighted by Gasteiger charge is -2.05. The Morgan fingerprint density at radius 2 is 1.79 bits per heavy atom. The first kappa shape index (κ1) is 19.4. The van der Waals surface area contributed by atoms with Crippen molar-refractivity contribution in [1.29, 1.82) is 0 Å². The van der Waals surface area contributed by atoms with E-state index in [0.717, 1.165) is 23.3 Å². The molecule has 0 fully saturated rings. The number of nitrogens with zero attached hydrogens (tertiary/aromatic N) is 2. The van der Waals surface area contributed by atoms with Crippen LogP contribution in [0.15, 0.2) is 52.9 Å². The van der Waals surface area contributed by atoms with Gasteiger partial charge in [-0.3, -0.25) is 4.79 Å². The quantitative estimate of drug-likeness (QED) is 0.613. The van der Waals surface area contributed by atoms with Gasteiger partial charge in [0.05, 0.1) is 19.8 Å². The summed E-state index contributed by atoms with van der Waals surface area (Å²) in [4.78, 5) is 12.0. The molecule has 28 heavy (non-hydrogen) atoms. The van der Waals surface area contributed by atoms with Crippen molar-refractivity contribution >= 4 is 5.91 Å². The number of hydrogen-bond acceptors (Lipinski definition) is 6. The highest BCUT2D eigenvalue weighted by molar-refractivity contribution is 5.76. The predicted octanol–water partition coefficient (Wildman–Crippen LogP) is 3.05. The van der Waals surface area contributed by atoms with Gasteiger partial charge in [0.2, 0.25) is 11.8 Å². The van der Waals surface area contributed by atoms with Crippen molar-refractivity contribution in [2.75, 3.05) is 20.8 Å². The minimum absolute atomic E-state index is 0.0504.